The third kappa shape index (κ3) is 5.69. The van der Waals surface area contributed by atoms with Crippen LogP contribution in [-0.4, -0.2) is 61.0 Å². The Hall–Kier alpha value is -3.46. The van der Waals surface area contributed by atoms with Crippen molar-refractivity contribution < 1.29 is 9.59 Å². The van der Waals surface area contributed by atoms with Gasteiger partial charge < -0.3 is 16.0 Å². The zero-order valence-electron chi connectivity index (χ0n) is 25.6. The van der Waals surface area contributed by atoms with Gasteiger partial charge in [0.2, 0.25) is 0 Å². The summed E-state index contributed by atoms with van der Waals surface area (Å²) >= 11 is 0. The largest absolute Gasteiger partial charge is 0.383 e. The van der Waals surface area contributed by atoms with E-state index in [0.717, 1.165) is 47.7 Å². The van der Waals surface area contributed by atoms with E-state index in [0.29, 0.717) is 36.4 Å². The topological polar surface area (TPSA) is 109 Å². The Morgan fingerprint density at radius 2 is 1.80 bits per heavy atom. The summed E-state index contributed by atoms with van der Waals surface area (Å²) in [6.45, 7) is 13.9. The molecule has 0 spiro atoms. The van der Waals surface area contributed by atoms with E-state index >= 15 is 0 Å². The number of rotatable bonds is 4. The van der Waals surface area contributed by atoms with Crippen molar-refractivity contribution in [3.05, 3.63) is 47.8 Å². The highest BCUT2D eigenvalue weighted by molar-refractivity contribution is 6.39. The molecule has 2 aliphatic rings. The zero-order valence-corrected chi connectivity index (χ0v) is 25.6. The zero-order chi connectivity index (χ0) is 29.7. The fourth-order valence-electron chi connectivity index (χ4n) is 6.86. The summed E-state index contributed by atoms with van der Waals surface area (Å²) < 4.78 is 2.15. The van der Waals surface area contributed by atoms with E-state index in [1.165, 1.54) is 6.20 Å². The lowest BCUT2D eigenvalue weighted by atomic mass is 9.77. The average Bonchev–Trinajstić information content (AvgIpc) is 3.35. The van der Waals surface area contributed by atoms with E-state index < -0.39 is 11.8 Å². The first kappa shape index (κ1) is 29.0. The Labute approximate surface area is 243 Å². The van der Waals surface area contributed by atoms with Gasteiger partial charge in [-0.25, -0.2) is 4.98 Å². The van der Waals surface area contributed by atoms with Crippen LogP contribution in [0.15, 0.2) is 36.7 Å². The Morgan fingerprint density at radius 1 is 1.10 bits per heavy atom. The molecule has 2 aliphatic heterocycles. The van der Waals surface area contributed by atoms with Gasteiger partial charge in [-0.3, -0.25) is 19.2 Å². The van der Waals surface area contributed by atoms with Gasteiger partial charge in [0.1, 0.15) is 5.82 Å². The molecule has 3 aromatic rings. The third-order valence-electron chi connectivity index (χ3n) is 9.51. The van der Waals surface area contributed by atoms with E-state index in [4.69, 9.17) is 10.8 Å². The smallest absolute Gasteiger partial charge is 0.313 e. The van der Waals surface area contributed by atoms with E-state index in [9.17, 15) is 9.59 Å². The lowest BCUT2D eigenvalue weighted by molar-refractivity contribution is -0.146. The van der Waals surface area contributed by atoms with Crippen molar-refractivity contribution in [2.24, 2.45) is 5.92 Å². The van der Waals surface area contributed by atoms with Gasteiger partial charge in [0.25, 0.3) is 0 Å². The van der Waals surface area contributed by atoms with Crippen LogP contribution in [0.2, 0.25) is 0 Å². The summed E-state index contributed by atoms with van der Waals surface area (Å²) in [6, 6.07) is 8.20. The molecule has 2 aromatic heterocycles. The molecular weight excluding hydrogens is 514 g/mol. The number of aryl methyl sites for hydroxylation is 1. The third-order valence-corrected chi connectivity index (χ3v) is 9.51. The number of nitrogens with zero attached hydrogens (tertiary/aromatic N) is 5. The molecule has 9 heteroatoms. The second-order valence-corrected chi connectivity index (χ2v) is 13.4. The first-order chi connectivity index (χ1) is 19.3. The summed E-state index contributed by atoms with van der Waals surface area (Å²) in [5.74, 6) is -0.441. The average molecular weight is 560 g/mol. The maximum absolute atomic E-state index is 13.5. The SMILES string of the molecule is CCc1cc(NC(=O)C(=O)N2C[C@@H](C)CC[C@@H]2c2ccc3cn(C4CC(C)(C)N(C)C(C)(C)C4)nc3c2)cnc1N. The first-order valence-electron chi connectivity index (χ1n) is 14.9. The van der Waals surface area contributed by atoms with Crippen LogP contribution >= 0.6 is 0 Å². The van der Waals surface area contributed by atoms with Crippen molar-refractivity contribution in [2.45, 2.75) is 96.8 Å². The van der Waals surface area contributed by atoms with Crippen LogP contribution in [0, 0.1) is 5.92 Å². The molecule has 220 valence electrons. The van der Waals surface area contributed by atoms with Crippen LogP contribution in [0.3, 0.4) is 0 Å². The lowest BCUT2D eigenvalue weighted by Gasteiger charge is -2.53. The maximum atomic E-state index is 13.5. The second kappa shape index (κ2) is 10.7. The van der Waals surface area contributed by atoms with E-state index in [1.807, 2.05) is 6.92 Å². The number of likely N-dealkylation sites (tertiary alicyclic amines) is 2. The lowest BCUT2D eigenvalue weighted by Crippen LogP contribution is -2.58. The van der Waals surface area contributed by atoms with Crippen molar-refractivity contribution in [2.75, 3.05) is 24.6 Å². The number of hydrogen-bond donors (Lipinski definition) is 2. The monoisotopic (exact) mass is 559 g/mol. The number of amides is 2. The molecule has 41 heavy (non-hydrogen) atoms. The minimum absolute atomic E-state index is 0.0659. The number of aromatic nitrogens is 3. The summed E-state index contributed by atoms with van der Waals surface area (Å²) in [4.78, 5) is 35.0. The van der Waals surface area contributed by atoms with Gasteiger partial charge in [-0.1, -0.05) is 26.0 Å². The number of nitrogens with one attached hydrogen (secondary N) is 1. The van der Waals surface area contributed by atoms with E-state index in [-0.39, 0.29) is 17.1 Å². The molecule has 0 radical (unpaired) electrons. The Kier molecular flexibility index (Phi) is 7.61. The van der Waals surface area contributed by atoms with Crippen molar-refractivity contribution >= 4 is 34.2 Å². The number of hydrogen-bond acceptors (Lipinski definition) is 6. The Balaban J connectivity index is 1.38. The number of nitrogens with two attached hydrogens (primary N) is 1. The fraction of sp³-hybridized carbons (Fsp3) is 0.562. The van der Waals surface area contributed by atoms with Gasteiger partial charge >= 0.3 is 11.8 Å². The fourth-order valence-corrected chi connectivity index (χ4v) is 6.86. The van der Waals surface area contributed by atoms with Crippen molar-refractivity contribution in [1.29, 1.82) is 0 Å². The van der Waals surface area contributed by atoms with E-state index in [1.54, 1.807) is 11.0 Å². The van der Waals surface area contributed by atoms with Crippen LogP contribution in [0.4, 0.5) is 11.5 Å². The number of benzene rings is 1. The number of nitrogen functional groups attached to an aromatic ring is 1. The number of piperidine rings is 2. The number of anilines is 2. The molecule has 2 fully saturated rings. The molecule has 0 bridgehead atoms. The molecule has 5 rings (SSSR count). The predicted octanol–water partition coefficient (Wildman–Crippen LogP) is 5.34. The van der Waals surface area contributed by atoms with Crippen LogP contribution in [0.1, 0.15) is 90.4 Å². The highest BCUT2D eigenvalue weighted by atomic mass is 16.2. The number of pyridine rings is 1. The highest BCUT2D eigenvalue weighted by Crippen LogP contribution is 2.42. The molecule has 1 aromatic carbocycles. The summed E-state index contributed by atoms with van der Waals surface area (Å²) in [7, 11) is 2.22. The van der Waals surface area contributed by atoms with Gasteiger partial charge in [0, 0.05) is 29.2 Å². The van der Waals surface area contributed by atoms with Crippen LogP contribution in [-0.2, 0) is 16.0 Å². The van der Waals surface area contributed by atoms with Gasteiger partial charge in [-0.05, 0) is 96.0 Å². The minimum Gasteiger partial charge on any atom is -0.383 e. The summed E-state index contributed by atoms with van der Waals surface area (Å²) in [5.41, 5.74) is 9.29. The van der Waals surface area contributed by atoms with Crippen LogP contribution in [0.5, 0.6) is 0 Å². The molecule has 2 amide bonds. The molecule has 2 atom stereocenters. The Bertz CT molecular complexity index is 1440. The normalized spacial score (nSPS) is 23.0. The maximum Gasteiger partial charge on any atom is 0.313 e. The molecule has 0 saturated carbocycles. The number of fused-ring (bicyclic) bond motifs is 1. The first-order valence-corrected chi connectivity index (χ1v) is 14.9. The van der Waals surface area contributed by atoms with Crippen molar-refractivity contribution in [3.63, 3.8) is 0 Å². The minimum atomic E-state index is -0.657. The van der Waals surface area contributed by atoms with Crippen molar-refractivity contribution in [3.8, 4) is 0 Å². The molecule has 0 unspecified atom stereocenters. The highest BCUT2D eigenvalue weighted by Gasteiger charge is 2.44. The summed E-state index contributed by atoms with van der Waals surface area (Å²) in [5, 5.41) is 8.88. The molecule has 3 N–H and O–H groups in total. The Morgan fingerprint density at radius 3 is 2.49 bits per heavy atom. The van der Waals surface area contributed by atoms with Crippen LogP contribution < -0.4 is 11.1 Å². The predicted molar refractivity (Wildman–Crippen MR) is 163 cm³/mol. The quantitative estimate of drug-likeness (QED) is 0.418. The molecule has 2 saturated heterocycles. The van der Waals surface area contributed by atoms with Crippen molar-refractivity contribution in [1.82, 2.24) is 24.6 Å². The van der Waals surface area contributed by atoms with Gasteiger partial charge in [0.15, 0.2) is 0 Å². The van der Waals surface area contributed by atoms with Crippen LogP contribution in [0.25, 0.3) is 10.9 Å². The molecule has 9 nitrogen and oxygen atoms in total. The van der Waals surface area contributed by atoms with E-state index in [2.05, 4.69) is 85.9 Å². The molecular formula is C32H45N7O2. The van der Waals surface area contributed by atoms with Gasteiger partial charge in [0.05, 0.1) is 29.5 Å². The molecule has 0 aliphatic carbocycles. The summed E-state index contributed by atoms with van der Waals surface area (Å²) in [6.07, 6.45) is 8.17. The number of carbonyl (C=O) groups is 2. The van der Waals surface area contributed by atoms with Gasteiger partial charge in [-0.15, -0.1) is 0 Å². The second-order valence-electron chi connectivity index (χ2n) is 13.4. The number of carbonyl (C=O) groups excluding carboxylic acids is 2. The van der Waals surface area contributed by atoms with Gasteiger partial charge in [-0.2, -0.15) is 5.10 Å². The molecule has 4 heterocycles. The standard InChI is InChI=1S/C32H45N7O2/c1-8-21-13-24(17-34-28(21)33)35-29(40)30(41)38-18-20(2)9-12-27(38)22-10-11-23-19-39(36-26(23)14-22)25-15-31(3,4)37(7)32(5,6)16-25/h10-11,13-14,17,19-20,25,27H,8-9,12,15-16,18H2,1-7H3,(H2,33,34)(H,35,40)/t20-,27+/m0/s1.